The van der Waals surface area contributed by atoms with Crippen LogP contribution >= 0.6 is 0 Å². The molecule has 1 fully saturated rings. The van der Waals surface area contributed by atoms with E-state index in [0.29, 0.717) is 24.5 Å². The van der Waals surface area contributed by atoms with Crippen molar-refractivity contribution in [2.45, 2.75) is 39.3 Å². The number of hydrogen-bond acceptors (Lipinski definition) is 4. The fourth-order valence-electron chi connectivity index (χ4n) is 2.47. The van der Waals surface area contributed by atoms with Gasteiger partial charge in [0.05, 0.1) is 24.3 Å². The van der Waals surface area contributed by atoms with Crippen LogP contribution in [-0.4, -0.2) is 47.6 Å². The molecule has 0 aromatic carbocycles. The van der Waals surface area contributed by atoms with Crippen LogP contribution in [0.15, 0.2) is 18.3 Å². The number of carbonyl (C=O) groups excluding carboxylic acids is 1. The second-order valence-electron chi connectivity index (χ2n) is 5.09. The Morgan fingerprint density at radius 2 is 2.35 bits per heavy atom. The average Bonchev–Trinajstić information content (AvgIpc) is 2.47. The van der Waals surface area contributed by atoms with Crippen LogP contribution < -0.4 is 5.32 Å². The fraction of sp³-hybridized carbons (Fsp3) is 0.600. The molecule has 2 atom stereocenters. The summed E-state index contributed by atoms with van der Waals surface area (Å²) in [6, 6.07) is 3.78. The third-order valence-corrected chi connectivity index (χ3v) is 3.58. The molecule has 2 heterocycles. The van der Waals surface area contributed by atoms with Crippen LogP contribution in [-0.2, 0) is 4.74 Å². The predicted octanol–water partition coefficient (Wildman–Crippen LogP) is 2.15. The summed E-state index contributed by atoms with van der Waals surface area (Å²) < 4.78 is 5.65. The SMILES string of the molecule is CCNc1ncccc1C(=O)N1CC(C)OCC1CC. The lowest BCUT2D eigenvalue weighted by Crippen LogP contribution is -2.51. The standard InChI is InChI=1S/C15H23N3O2/c1-4-12-10-20-11(3)9-18(12)15(19)13-7-6-8-17-14(13)16-5-2/h6-8,11-12H,4-5,9-10H2,1-3H3,(H,16,17). The Balaban J connectivity index is 2.24. The van der Waals surface area contributed by atoms with E-state index in [1.807, 2.05) is 24.8 Å². The number of nitrogens with zero attached hydrogens (tertiary/aromatic N) is 2. The number of aromatic nitrogens is 1. The highest BCUT2D eigenvalue weighted by Gasteiger charge is 2.31. The summed E-state index contributed by atoms with van der Waals surface area (Å²) >= 11 is 0. The Morgan fingerprint density at radius 1 is 1.55 bits per heavy atom. The Kier molecular flexibility index (Phi) is 4.95. The van der Waals surface area contributed by atoms with Crippen molar-refractivity contribution < 1.29 is 9.53 Å². The van der Waals surface area contributed by atoms with Crippen LogP contribution in [0.1, 0.15) is 37.6 Å². The zero-order chi connectivity index (χ0) is 14.5. The summed E-state index contributed by atoms with van der Waals surface area (Å²) in [5.41, 5.74) is 0.641. The third kappa shape index (κ3) is 3.10. The number of morpholine rings is 1. The van der Waals surface area contributed by atoms with Crippen molar-refractivity contribution in [2.24, 2.45) is 0 Å². The highest BCUT2D eigenvalue weighted by Crippen LogP contribution is 2.21. The minimum absolute atomic E-state index is 0.0380. The lowest BCUT2D eigenvalue weighted by atomic mass is 10.1. The second-order valence-corrected chi connectivity index (χ2v) is 5.09. The normalized spacial score (nSPS) is 22.6. The van der Waals surface area contributed by atoms with Gasteiger partial charge in [-0.05, 0) is 32.4 Å². The Hall–Kier alpha value is -1.62. The van der Waals surface area contributed by atoms with E-state index in [0.717, 1.165) is 13.0 Å². The van der Waals surface area contributed by atoms with E-state index in [9.17, 15) is 4.79 Å². The van der Waals surface area contributed by atoms with Crippen LogP contribution in [0.5, 0.6) is 0 Å². The van der Waals surface area contributed by atoms with Crippen LogP contribution in [0.2, 0.25) is 0 Å². The zero-order valence-electron chi connectivity index (χ0n) is 12.4. The molecule has 2 rings (SSSR count). The molecule has 0 saturated carbocycles. The summed E-state index contributed by atoms with van der Waals surface area (Å²) in [7, 11) is 0. The average molecular weight is 277 g/mol. The summed E-state index contributed by atoms with van der Waals surface area (Å²) in [6.07, 6.45) is 2.68. The van der Waals surface area contributed by atoms with Crippen molar-refractivity contribution in [1.82, 2.24) is 9.88 Å². The van der Waals surface area contributed by atoms with Gasteiger partial charge < -0.3 is 15.0 Å². The van der Waals surface area contributed by atoms with Gasteiger partial charge >= 0.3 is 0 Å². The van der Waals surface area contributed by atoms with E-state index in [4.69, 9.17) is 4.74 Å². The van der Waals surface area contributed by atoms with Gasteiger partial charge in [-0.2, -0.15) is 0 Å². The van der Waals surface area contributed by atoms with Gasteiger partial charge in [0, 0.05) is 19.3 Å². The van der Waals surface area contributed by atoms with E-state index < -0.39 is 0 Å². The summed E-state index contributed by atoms with van der Waals surface area (Å²) in [5, 5.41) is 3.15. The molecule has 0 aliphatic carbocycles. The smallest absolute Gasteiger partial charge is 0.258 e. The van der Waals surface area contributed by atoms with Gasteiger partial charge in [-0.15, -0.1) is 0 Å². The van der Waals surface area contributed by atoms with Gasteiger partial charge in [0.2, 0.25) is 0 Å². The van der Waals surface area contributed by atoms with Gasteiger partial charge in [0.1, 0.15) is 5.82 Å². The molecular formula is C15H23N3O2. The monoisotopic (exact) mass is 277 g/mol. The largest absolute Gasteiger partial charge is 0.375 e. The number of carbonyl (C=O) groups is 1. The van der Waals surface area contributed by atoms with Gasteiger partial charge in [-0.25, -0.2) is 4.98 Å². The number of hydrogen-bond donors (Lipinski definition) is 1. The summed E-state index contributed by atoms with van der Waals surface area (Å²) in [4.78, 5) is 19.0. The van der Waals surface area contributed by atoms with E-state index >= 15 is 0 Å². The number of rotatable bonds is 4. The maximum Gasteiger partial charge on any atom is 0.258 e. The molecule has 5 heteroatoms. The fourth-order valence-corrected chi connectivity index (χ4v) is 2.47. The van der Waals surface area contributed by atoms with Gasteiger partial charge in [-0.3, -0.25) is 4.79 Å². The Bertz CT molecular complexity index is 464. The molecule has 1 N–H and O–H groups in total. The number of ether oxygens (including phenoxy) is 1. The second kappa shape index (κ2) is 6.70. The van der Waals surface area contributed by atoms with Crippen molar-refractivity contribution in [3.05, 3.63) is 23.9 Å². The highest BCUT2D eigenvalue weighted by atomic mass is 16.5. The lowest BCUT2D eigenvalue weighted by Gasteiger charge is -2.38. The van der Waals surface area contributed by atoms with E-state index in [1.165, 1.54) is 0 Å². The van der Waals surface area contributed by atoms with Gasteiger partial charge in [-0.1, -0.05) is 6.92 Å². The molecular weight excluding hydrogens is 254 g/mol. The Morgan fingerprint density at radius 3 is 3.05 bits per heavy atom. The number of pyridine rings is 1. The van der Waals surface area contributed by atoms with E-state index in [2.05, 4.69) is 17.2 Å². The number of anilines is 1. The van der Waals surface area contributed by atoms with Crippen molar-refractivity contribution in [1.29, 1.82) is 0 Å². The van der Waals surface area contributed by atoms with Crippen LogP contribution in [0.4, 0.5) is 5.82 Å². The molecule has 0 bridgehead atoms. The van der Waals surface area contributed by atoms with Crippen molar-refractivity contribution >= 4 is 11.7 Å². The first kappa shape index (κ1) is 14.8. The molecule has 1 saturated heterocycles. The minimum Gasteiger partial charge on any atom is -0.375 e. The van der Waals surface area contributed by atoms with E-state index in [1.54, 1.807) is 12.3 Å². The minimum atomic E-state index is 0.0380. The van der Waals surface area contributed by atoms with Crippen molar-refractivity contribution in [2.75, 3.05) is 25.0 Å². The molecule has 0 spiro atoms. The molecule has 5 nitrogen and oxygen atoms in total. The van der Waals surface area contributed by atoms with Crippen LogP contribution in [0.25, 0.3) is 0 Å². The van der Waals surface area contributed by atoms with Gasteiger partial charge in [0.15, 0.2) is 0 Å². The molecule has 20 heavy (non-hydrogen) atoms. The first-order valence-electron chi connectivity index (χ1n) is 7.28. The molecule has 1 aromatic heterocycles. The van der Waals surface area contributed by atoms with Crippen molar-refractivity contribution in [3.8, 4) is 0 Å². The van der Waals surface area contributed by atoms with E-state index in [-0.39, 0.29) is 18.1 Å². The number of nitrogens with one attached hydrogen (secondary N) is 1. The first-order chi connectivity index (χ1) is 9.67. The molecule has 1 aromatic rings. The zero-order valence-corrected chi connectivity index (χ0v) is 12.4. The third-order valence-electron chi connectivity index (χ3n) is 3.58. The maximum absolute atomic E-state index is 12.8. The summed E-state index contributed by atoms with van der Waals surface area (Å²) in [6.45, 7) is 8.07. The van der Waals surface area contributed by atoms with Crippen LogP contribution in [0.3, 0.4) is 0 Å². The quantitative estimate of drug-likeness (QED) is 0.916. The molecule has 2 unspecified atom stereocenters. The van der Waals surface area contributed by atoms with Gasteiger partial charge in [0.25, 0.3) is 5.91 Å². The molecule has 1 aliphatic heterocycles. The summed E-state index contributed by atoms with van der Waals surface area (Å²) in [5.74, 6) is 0.699. The molecule has 1 aliphatic rings. The number of amides is 1. The predicted molar refractivity (Wildman–Crippen MR) is 78.9 cm³/mol. The topological polar surface area (TPSA) is 54.5 Å². The van der Waals surface area contributed by atoms with Crippen LogP contribution in [0, 0.1) is 0 Å². The van der Waals surface area contributed by atoms with Crippen molar-refractivity contribution in [3.63, 3.8) is 0 Å². The highest BCUT2D eigenvalue weighted by molar-refractivity contribution is 5.99. The Labute approximate surface area is 120 Å². The molecule has 0 radical (unpaired) electrons. The lowest BCUT2D eigenvalue weighted by molar-refractivity contribution is -0.0443. The molecule has 110 valence electrons. The molecule has 1 amide bonds. The maximum atomic E-state index is 12.8. The first-order valence-corrected chi connectivity index (χ1v) is 7.28.